The molecule has 0 aliphatic rings. The highest BCUT2D eigenvalue weighted by Crippen LogP contribution is 2.14. The van der Waals surface area contributed by atoms with E-state index in [9.17, 15) is 4.79 Å². The number of amides is 1. The number of nitrogens with two attached hydrogens (primary N) is 1. The van der Waals surface area contributed by atoms with E-state index in [4.69, 9.17) is 5.73 Å². The first-order chi connectivity index (χ1) is 7.56. The molecule has 0 aliphatic carbocycles. The van der Waals surface area contributed by atoms with Crippen LogP contribution >= 0.6 is 0 Å². The van der Waals surface area contributed by atoms with Crippen LogP contribution in [0.1, 0.15) is 37.0 Å². The lowest BCUT2D eigenvalue weighted by Gasteiger charge is -2.31. The van der Waals surface area contributed by atoms with Gasteiger partial charge in [0.1, 0.15) is 0 Å². The van der Waals surface area contributed by atoms with Gasteiger partial charge in [-0.15, -0.1) is 0 Å². The van der Waals surface area contributed by atoms with Crippen LogP contribution in [0, 0.1) is 0 Å². The number of hydrogen-bond donors (Lipinski definition) is 2. The van der Waals surface area contributed by atoms with Crippen molar-refractivity contribution < 1.29 is 4.79 Å². The number of hydrogen-bond acceptors (Lipinski definition) is 3. The predicted molar refractivity (Wildman–Crippen MR) is 63.0 cm³/mol. The second-order valence-corrected chi connectivity index (χ2v) is 4.05. The Hall–Kier alpha value is -1.36. The van der Waals surface area contributed by atoms with Gasteiger partial charge in [-0.3, -0.25) is 9.48 Å². The summed E-state index contributed by atoms with van der Waals surface area (Å²) >= 11 is 0. The van der Waals surface area contributed by atoms with E-state index in [-0.39, 0.29) is 11.4 Å². The van der Waals surface area contributed by atoms with Crippen molar-refractivity contribution in [3.63, 3.8) is 0 Å². The third kappa shape index (κ3) is 2.61. The summed E-state index contributed by atoms with van der Waals surface area (Å²) < 4.78 is 1.61. The summed E-state index contributed by atoms with van der Waals surface area (Å²) in [5, 5.41) is 6.96. The second kappa shape index (κ2) is 5.12. The van der Waals surface area contributed by atoms with E-state index in [1.165, 1.54) is 0 Å². The van der Waals surface area contributed by atoms with E-state index >= 15 is 0 Å². The highest BCUT2D eigenvalue weighted by molar-refractivity contribution is 5.94. The highest BCUT2D eigenvalue weighted by Gasteiger charge is 2.27. The van der Waals surface area contributed by atoms with Gasteiger partial charge in [-0.1, -0.05) is 13.8 Å². The zero-order valence-corrected chi connectivity index (χ0v) is 10.2. The van der Waals surface area contributed by atoms with Crippen molar-refractivity contribution in [2.75, 3.05) is 6.54 Å². The van der Waals surface area contributed by atoms with Crippen LogP contribution in [0.4, 0.5) is 0 Å². The molecule has 0 saturated carbocycles. The number of aryl methyl sites for hydroxylation is 1. The molecule has 1 amide bonds. The summed E-state index contributed by atoms with van der Waals surface area (Å²) in [6, 6.07) is 0. The van der Waals surface area contributed by atoms with Gasteiger partial charge in [-0.25, -0.2) is 0 Å². The fourth-order valence-corrected chi connectivity index (χ4v) is 1.62. The Morgan fingerprint density at radius 3 is 2.56 bits per heavy atom. The fraction of sp³-hybridized carbons (Fsp3) is 0.636. The Morgan fingerprint density at radius 1 is 1.56 bits per heavy atom. The maximum Gasteiger partial charge on any atom is 0.254 e. The molecule has 0 bridgehead atoms. The van der Waals surface area contributed by atoms with E-state index in [0.29, 0.717) is 12.1 Å². The molecule has 1 rings (SSSR count). The summed E-state index contributed by atoms with van der Waals surface area (Å²) in [7, 11) is 1.78. The van der Waals surface area contributed by atoms with Gasteiger partial charge in [0.15, 0.2) is 0 Å². The van der Waals surface area contributed by atoms with E-state index < -0.39 is 0 Å². The van der Waals surface area contributed by atoms with Crippen LogP contribution in [0.25, 0.3) is 0 Å². The quantitative estimate of drug-likeness (QED) is 0.772. The summed E-state index contributed by atoms with van der Waals surface area (Å²) in [6.07, 6.45) is 4.90. The molecule has 90 valence electrons. The van der Waals surface area contributed by atoms with E-state index in [1.807, 2.05) is 13.8 Å². The van der Waals surface area contributed by atoms with Gasteiger partial charge in [0, 0.05) is 19.8 Å². The van der Waals surface area contributed by atoms with Crippen molar-refractivity contribution in [1.82, 2.24) is 15.1 Å². The van der Waals surface area contributed by atoms with Gasteiger partial charge >= 0.3 is 0 Å². The van der Waals surface area contributed by atoms with E-state index in [2.05, 4.69) is 10.4 Å². The summed E-state index contributed by atoms with van der Waals surface area (Å²) in [5.41, 5.74) is 6.00. The third-order valence-corrected chi connectivity index (χ3v) is 3.09. The Labute approximate surface area is 96.0 Å². The molecule has 3 N–H and O–H groups in total. The molecule has 16 heavy (non-hydrogen) atoms. The average molecular weight is 224 g/mol. The first-order valence-electron chi connectivity index (χ1n) is 5.58. The van der Waals surface area contributed by atoms with Crippen LogP contribution < -0.4 is 11.1 Å². The molecule has 0 saturated heterocycles. The zero-order valence-electron chi connectivity index (χ0n) is 10.2. The van der Waals surface area contributed by atoms with Crippen LogP contribution in [0.15, 0.2) is 12.4 Å². The second-order valence-electron chi connectivity index (χ2n) is 4.05. The van der Waals surface area contributed by atoms with Gasteiger partial charge in [0.25, 0.3) is 5.91 Å². The first-order valence-corrected chi connectivity index (χ1v) is 5.58. The maximum absolute atomic E-state index is 11.9. The first kappa shape index (κ1) is 12.7. The lowest BCUT2D eigenvalue weighted by Crippen LogP contribution is -2.52. The standard InChI is InChI=1S/C11H20N4O/c1-4-11(5-2,8-12)14-10(16)9-6-13-15(3)7-9/h6-7H,4-5,8,12H2,1-3H3,(H,14,16). The molecular formula is C11H20N4O. The molecule has 0 aromatic carbocycles. The van der Waals surface area contributed by atoms with Crippen LogP contribution in [0.5, 0.6) is 0 Å². The number of nitrogens with one attached hydrogen (secondary N) is 1. The maximum atomic E-state index is 11.9. The van der Waals surface area contributed by atoms with Crippen LogP contribution in [0.2, 0.25) is 0 Å². The molecular weight excluding hydrogens is 204 g/mol. The third-order valence-electron chi connectivity index (χ3n) is 3.09. The molecule has 0 atom stereocenters. The number of rotatable bonds is 5. The van der Waals surface area contributed by atoms with Gasteiger partial charge in [0.2, 0.25) is 0 Å². The lowest BCUT2D eigenvalue weighted by atomic mass is 9.92. The van der Waals surface area contributed by atoms with Crippen molar-refractivity contribution >= 4 is 5.91 Å². The van der Waals surface area contributed by atoms with E-state index in [1.54, 1.807) is 24.1 Å². The van der Waals surface area contributed by atoms with Gasteiger partial charge < -0.3 is 11.1 Å². The predicted octanol–water partition coefficient (Wildman–Crippen LogP) is 0.667. The average Bonchev–Trinajstić information content (AvgIpc) is 2.73. The fourth-order valence-electron chi connectivity index (χ4n) is 1.62. The minimum Gasteiger partial charge on any atom is -0.345 e. The summed E-state index contributed by atoms with van der Waals surface area (Å²) in [6.45, 7) is 4.51. The SMILES string of the molecule is CCC(CC)(CN)NC(=O)c1cnn(C)c1. The normalized spacial score (nSPS) is 11.5. The number of carbonyl (C=O) groups is 1. The van der Waals surface area contributed by atoms with Crippen LogP contribution in [-0.2, 0) is 7.05 Å². The number of carbonyl (C=O) groups excluding carboxylic acids is 1. The molecule has 1 heterocycles. The Morgan fingerprint density at radius 2 is 2.19 bits per heavy atom. The Bertz CT molecular complexity index is 346. The topological polar surface area (TPSA) is 72.9 Å². The minimum absolute atomic E-state index is 0.109. The molecule has 5 nitrogen and oxygen atoms in total. The number of nitrogens with zero attached hydrogens (tertiary/aromatic N) is 2. The largest absolute Gasteiger partial charge is 0.345 e. The lowest BCUT2D eigenvalue weighted by molar-refractivity contribution is 0.0895. The van der Waals surface area contributed by atoms with Crippen molar-refractivity contribution in [1.29, 1.82) is 0 Å². The van der Waals surface area contributed by atoms with Crippen molar-refractivity contribution in [3.05, 3.63) is 18.0 Å². The molecule has 0 unspecified atom stereocenters. The van der Waals surface area contributed by atoms with Crippen LogP contribution in [-0.4, -0.2) is 27.8 Å². The molecule has 1 aromatic heterocycles. The molecule has 0 aliphatic heterocycles. The molecule has 1 aromatic rings. The molecule has 0 radical (unpaired) electrons. The highest BCUT2D eigenvalue weighted by atomic mass is 16.1. The van der Waals surface area contributed by atoms with Crippen LogP contribution in [0.3, 0.4) is 0 Å². The van der Waals surface area contributed by atoms with Gasteiger partial charge in [-0.05, 0) is 12.8 Å². The van der Waals surface area contributed by atoms with E-state index in [0.717, 1.165) is 12.8 Å². The molecule has 0 fully saturated rings. The Kier molecular flexibility index (Phi) is 4.06. The minimum atomic E-state index is -0.299. The Balaban J connectivity index is 2.76. The smallest absolute Gasteiger partial charge is 0.254 e. The van der Waals surface area contributed by atoms with Crippen molar-refractivity contribution in [2.24, 2.45) is 12.8 Å². The summed E-state index contributed by atoms with van der Waals surface area (Å²) in [4.78, 5) is 11.9. The number of aromatic nitrogens is 2. The van der Waals surface area contributed by atoms with Gasteiger partial charge in [-0.2, -0.15) is 5.10 Å². The van der Waals surface area contributed by atoms with Crippen molar-refractivity contribution in [2.45, 2.75) is 32.2 Å². The summed E-state index contributed by atoms with van der Waals surface area (Å²) in [5.74, 6) is -0.109. The van der Waals surface area contributed by atoms with Gasteiger partial charge in [0.05, 0.1) is 17.3 Å². The zero-order chi connectivity index (χ0) is 12.2. The molecule has 0 spiro atoms. The van der Waals surface area contributed by atoms with Crippen molar-refractivity contribution in [3.8, 4) is 0 Å². The monoisotopic (exact) mass is 224 g/mol. The molecule has 5 heteroatoms.